The summed E-state index contributed by atoms with van der Waals surface area (Å²) in [6.45, 7) is 5.95. The molecule has 0 saturated heterocycles. The first-order valence-electron chi connectivity index (χ1n) is 9.89. The van der Waals surface area contributed by atoms with Crippen LogP contribution in [0.25, 0.3) is 27.6 Å². The van der Waals surface area contributed by atoms with Gasteiger partial charge in [0.2, 0.25) is 0 Å². The number of hydrogen-bond acceptors (Lipinski definition) is 2. The second-order valence-corrected chi connectivity index (χ2v) is 7.63. The summed E-state index contributed by atoms with van der Waals surface area (Å²) in [6.07, 6.45) is 1.71. The van der Waals surface area contributed by atoms with E-state index in [4.69, 9.17) is 0 Å². The average molecular weight is 390 g/mol. The fraction of sp³-hybridized carbons (Fsp3) is 0.111. The van der Waals surface area contributed by atoms with Gasteiger partial charge in [0, 0.05) is 5.69 Å². The number of fused-ring (bicyclic) bond motifs is 2. The number of aryl methyl sites for hydroxylation is 3. The summed E-state index contributed by atoms with van der Waals surface area (Å²) in [7, 11) is 0. The van der Waals surface area contributed by atoms with E-state index in [1.807, 2.05) is 81.4 Å². The summed E-state index contributed by atoms with van der Waals surface area (Å²) in [5.74, 6) is -0.399. The van der Waals surface area contributed by atoms with Gasteiger partial charge in [0.15, 0.2) is 0 Å². The van der Waals surface area contributed by atoms with E-state index in [1.54, 1.807) is 6.08 Å². The van der Waals surface area contributed by atoms with E-state index >= 15 is 0 Å². The molecule has 0 atom stereocenters. The molecule has 30 heavy (non-hydrogen) atoms. The van der Waals surface area contributed by atoms with Crippen molar-refractivity contribution in [1.82, 2.24) is 0 Å². The van der Waals surface area contributed by atoms with Crippen molar-refractivity contribution in [3.05, 3.63) is 94.6 Å². The molecule has 0 aliphatic carbocycles. The molecule has 0 radical (unpaired) electrons. The maximum Gasteiger partial charge on any atom is 0.266 e. The summed E-state index contributed by atoms with van der Waals surface area (Å²) in [5.41, 5.74) is 4.82. The summed E-state index contributed by atoms with van der Waals surface area (Å²) in [4.78, 5) is 13.0. The summed E-state index contributed by atoms with van der Waals surface area (Å²) in [6, 6.07) is 24.3. The quantitative estimate of drug-likeness (QED) is 0.248. The standard InChI is InChI=1S/C27H22N2O/c1-17-12-18(2)26(19(3)13-17)29-27(30)22(16-28)15-25-23-10-6-4-8-20(23)14-21-9-5-7-11-24(21)25/h4-15H,1-3H3,(H,29,30)/b22-15+. The minimum absolute atomic E-state index is 0.0795. The SMILES string of the molecule is Cc1cc(C)c(NC(=O)/C(C#N)=C/c2c3ccccc3cc3ccccc23)c(C)c1. The van der Waals surface area contributed by atoms with Gasteiger partial charge in [-0.1, -0.05) is 66.2 Å². The number of hydrogen-bond donors (Lipinski definition) is 1. The van der Waals surface area contributed by atoms with E-state index in [-0.39, 0.29) is 5.57 Å². The number of carbonyl (C=O) groups excluding carboxylic acids is 1. The van der Waals surface area contributed by atoms with Crippen LogP contribution >= 0.6 is 0 Å². The van der Waals surface area contributed by atoms with Crippen molar-refractivity contribution < 1.29 is 4.79 Å². The van der Waals surface area contributed by atoms with Crippen LogP contribution in [0.1, 0.15) is 22.3 Å². The molecule has 4 rings (SSSR count). The Bertz CT molecular complexity index is 1300. The monoisotopic (exact) mass is 390 g/mol. The minimum atomic E-state index is -0.399. The first kappa shape index (κ1) is 19.4. The Labute approximate surface area is 176 Å². The molecular formula is C27H22N2O. The Kier molecular flexibility index (Phi) is 5.08. The average Bonchev–Trinajstić information content (AvgIpc) is 2.73. The van der Waals surface area contributed by atoms with Gasteiger partial charge in [-0.15, -0.1) is 0 Å². The van der Waals surface area contributed by atoms with E-state index in [0.717, 1.165) is 49.5 Å². The molecule has 0 aliphatic heterocycles. The predicted octanol–water partition coefficient (Wildman–Crippen LogP) is 6.46. The third-order valence-corrected chi connectivity index (χ3v) is 5.38. The lowest BCUT2D eigenvalue weighted by molar-refractivity contribution is -0.112. The molecule has 0 spiro atoms. The Morgan fingerprint density at radius 3 is 1.93 bits per heavy atom. The van der Waals surface area contributed by atoms with Gasteiger partial charge < -0.3 is 5.32 Å². The van der Waals surface area contributed by atoms with Crippen molar-refractivity contribution in [3.63, 3.8) is 0 Å². The van der Waals surface area contributed by atoms with Crippen molar-refractivity contribution in [2.75, 3.05) is 5.32 Å². The molecule has 4 aromatic carbocycles. The van der Waals surface area contributed by atoms with E-state index in [0.29, 0.717) is 0 Å². The number of nitrogens with one attached hydrogen (secondary N) is 1. The lowest BCUT2D eigenvalue weighted by Crippen LogP contribution is -2.15. The zero-order valence-electron chi connectivity index (χ0n) is 17.3. The Morgan fingerprint density at radius 1 is 0.867 bits per heavy atom. The van der Waals surface area contributed by atoms with Crippen LogP contribution in [0.4, 0.5) is 5.69 Å². The van der Waals surface area contributed by atoms with Crippen LogP contribution in [-0.2, 0) is 4.79 Å². The topological polar surface area (TPSA) is 52.9 Å². The van der Waals surface area contributed by atoms with Gasteiger partial charge in [-0.3, -0.25) is 4.79 Å². The molecule has 4 aromatic rings. The summed E-state index contributed by atoms with van der Waals surface area (Å²) < 4.78 is 0. The number of rotatable bonds is 3. The van der Waals surface area contributed by atoms with Crippen LogP contribution in [0, 0.1) is 32.1 Å². The van der Waals surface area contributed by atoms with Gasteiger partial charge in [-0.25, -0.2) is 0 Å². The van der Waals surface area contributed by atoms with Gasteiger partial charge in [0.05, 0.1) is 0 Å². The minimum Gasteiger partial charge on any atom is -0.321 e. The maximum atomic E-state index is 13.0. The van der Waals surface area contributed by atoms with Crippen LogP contribution < -0.4 is 5.32 Å². The van der Waals surface area contributed by atoms with E-state index in [9.17, 15) is 10.1 Å². The first-order valence-corrected chi connectivity index (χ1v) is 9.89. The Balaban J connectivity index is 1.84. The van der Waals surface area contributed by atoms with Crippen LogP contribution in [0.2, 0.25) is 0 Å². The van der Waals surface area contributed by atoms with Crippen molar-refractivity contribution >= 4 is 39.2 Å². The number of nitrogens with zero attached hydrogens (tertiary/aromatic N) is 1. The van der Waals surface area contributed by atoms with Crippen molar-refractivity contribution in [3.8, 4) is 6.07 Å². The van der Waals surface area contributed by atoms with Crippen molar-refractivity contribution in [2.45, 2.75) is 20.8 Å². The lowest BCUT2D eigenvalue weighted by Gasteiger charge is -2.13. The number of benzene rings is 4. The third kappa shape index (κ3) is 3.56. The normalized spacial score (nSPS) is 11.5. The highest BCUT2D eigenvalue weighted by molar-refractivity contribution is 6.14. The van der Waals surface area contributed by atoms with Crippen LogP contribution in [-0.4, -0.2) is 5.91 Å². The van der Waals surface area contributed by atoms with Gasteiger partial charge in [0.1, 0.15) is 11.6 Å². The number of anilines is 1. The van der Waals surface area contributed by atoms with Crippen molar-refractivity contribution in [1.29, 1.82) is 5.26 Å². The van der Waals surface area contributed by atoms with Crippen LogP contribution in [0.3, 0.4) is 0 Å². The Hall–Kier alpha value is -3.90. The van der Waals surface area contributed by atoms with Gasteiger partial charge in [-0.05, 0) is 71.1 Å². The molecule has 3 nitrogen and oxygen atoms in total. The fourth-order valence-corrected chi connectivity index (χ4v) is 4.06. The highest BCUT2D eigenvalue weighted by atomic mass is 16.1. The Morgan fingerprint density at radius 2 is 1.40 bits per heavy atom. The zero-order valence-corrected chi connectivity index (χ0v) is 17.3. The van der Waals surface area contributed by atoms with Gasteiger partial charge in [0.25, 0.3) is 5.91 Å². The summed E-state index contributed by atoms with van der Waals surface area (Å²) in [5, 5.41) is 16.9. The number of amides is 1. The number of nitriles is 1. The molecule has 0 fully saturated rings. The van der Waals surface area contributed by atoms with Crippen LogP contribution in [0.5, 0.6) is 0 Å². The van der Waals surface area contributed by atoms with Gasteiger partial charge in [-0.2, -0.15) is 5.26 Å². The van der Waals surface area contributed by atoms with E-state index in [1.165, 1.54) is 0 Å². The summed E-state index contributed by atoms with van der Waals surface area (Å²) >= 11 is 0. The molecule has 0 unspecified atom stereocenters. The molecule has 0 bridgehead atoms. The van der Waals surface area contributed by atoms with Crippen LogP contribution in [0.15, 0.2) is 72.3 Å². The smallest absolute Gasteiger partial charge is 0.266 e. The molecule has 0 aromatic heterocycles. The molecule has 0 aliphatic rings. The fourth-order valence-electron chi connectivity index (χ4n) is 4.06. The van der Waals surface area contributed by atoms with E-state index < -0.39 is 5.91 Å². The second kappa shape index (κ2) is 7.85. The molecule has 1 amide bonds. The maximum absolute atomic E-state index is 13.0. The zero-order chi connectivity index (χ0) is 21.3. The predicted molar refractivity (Wildman–Crippen MR) is 124 cm³/mol. The molecule has 146 valence electrons. The lowest BCUT2D eigenvalue weighted by atomic mass is 9.95. The van der Waals surface area contributed by atoms with Gasteiger partial charge >= 0.3 is 0 Å². The molecule has 0 heterocycles. The molecule has 0 saturated carbocycles. The third-order valence-electron chi connectivity index (χ3n) is 5.38. The highest BCUT2D eigenvalue weighted by Crippen LogP contribution is 2.30. The highest BCUT2D eigenvalue weighted by Gasteiger charge is 2.15. The second-order valence-electron chi connectivity index (χ2n) is 7.63. The van der Waals surface area contributed by atoms with E-state index in [2.05, 4.69) is 17.5 Å². The number of carbonyl (C=O) groups is 1. The first-order chi connectivity index (χ1) is 14.5. The largest absolute Gasteiger partial charge is 0.321 e. The molecule has 1 N–H and O–H groups in total. The molecule has 3 heteroatoms. The van der Waals surface area contributed by atoms with Crippen molar-refractivity contribution in [2.24, 2.45) is 0 Å². The molecular weight excluding hydrogens is 368 g/mol.